The number of hydrogen-bond acceptors (Lipinski definition) is 6. The molecule has 0 saturated heterocycles. The van der Waals surface area contributed by atoms with Gasteiger partial charge in [0, 0.05) is 12.3 Å². The van der Waals surface area contributed by atoms with Crippen molar-refractivity contribution < 1.29 is 29.6 Å². The second-order valence-corrected chi connectivity index (χ2v) is 14.0. The van der Waals surface area contributed by atoms with E-state index in [9.17, 15) is 24.9 Å². The van der Waals surface area contributed by atoms with Crippen molar-refractivity contribution in [1.82, 2.24) is 0 Å². The van der Waals surface area contributed by atoms with Crippen molar-refractivity contribution in [3.8, 4) is 0 Å². The van der Waals surface area contributed by atoms with Crippen LogP contribution in [0, 0.1) is 34.5 Å². The van der Waals surface area contributed by atoms with Crippen molar-refractivity contribution in [2.75, 3.05) is 6.61 Å². The standard InChI is InChI=1S/C34H54O6/c1-6-7-8-9-10-11-12-13-14-15-16-17-27(36)40-31-22(2)20-33-23(3)18-26-28(32(26,4)5)25(30(33)38)19-24(21-35)29(37)34(31,33)39/h19-20,23,25-26,28-29,31,35,37,39H,6-18,21H2,1-5H3/t23-,25+,26-,28+,29-,31+,33+,34+/m1/s1. The summed E-state index contributed by atoms with van der Waals surface area (Å²) in [6.45, 7) is 9.88. The maximum atomic E-state index is 14.4. The van der Waals surface area contributed by atoms with E-state index in [1.165, 1.54) is 51.4 Å². The van der Waals surface area contributed by atoms with Gasteiger partial charge in [-0.05, 0) is 54.1 Å². The molecule has 0 unspecified atom stereocenters. The summed E-state index contributed by atoms with van der Waals surface area (Å²) < 4.78 is 5.93. The minimum absolute atomic E-state index is 0.0153. The van der Waals surface area contributed by atoms with Crippen molar-refractivity contribution >= 4 is 11.8 Å². The van der Waals surface area contributed by atoms with Crippen molar-refractivity contribution in [1.29, 1.82) is 0 Å². The topological polar surface area (TPSA) is 104 Å². The highest BCUT2D eigenvalue weighted by atomic mass is 16.6. The van der Waals surface area contributed by atoms with Crippen LogP contribution in [0.2, 0.25) is 0 Å². The first-order valence-electron chi connectivity index (χ1n) is 16.1. The number of hydrogen-bond donors (Lipinski definition) is 3. The van der Waals surface area contributed by atoms with Gasteiger partial charge in [-0.2, -0.15) is 0 Å². The third-order valence-electron chi connectivity index (χ3n) is 11.1. The number of unbranched alkanes of at least 4 members (excludes halogenated alkanes) is 10. The van der Waals surface area contributed by atoms with Gasteiger partial charge in [-0.25, -0.2) is 0 Å². The molecule has 0 aromatic rings. The summed E-state index contributed by atoms with van der Waals surface area (Å²) in [5.74, 6) is -0.857. The average Bonchev–Trinajstić information content (AvgIpc) is 3.40. The molecule has 0 heterocycles. The van der Waals surface area contributed by atoms with E-state index < -0.39 is 41.7 Å². The lowest BCUT2D eigenvalue weighted by molar-refractivity contribution is -0.203. The van der Waals surface area contributed by atoms with Crippen LogP contribution in [0.15, 0.2) is 23.3 Å². The summed E-state index contributed by atoms with van der Waals surface area (Å²) in [7, 11) is 0. The van der Waals surface area contributed by atoms with E-state index in [-0.39, 0.29) is 35.0 Å². The SMILES string of the molecule is CCCCCCCCCCCCCC(=O)O[C@H]1C(C)=C[C@]23C(=O)[C@@H](C=C(CO)[C@@H](O)[C@]12O)[C@H]1[C@@H](C[C@H]3C)C1(C)C. The largest absolute Gasteiger partial charge is 0.455 e. The monoisotopic (exact) mass is 558 g/mol. The van der Waals surface area contributed by atoms with Gasteiger partial charge in [0.25, 0.3) is 0 Å². The molecule has 1 spiro atoms. The average molecular weight is 559 g/mol. The van der Waals surface area contributed by atoms with Crippen molar-refractivity contribution in [3.05, 3.63) is 23.3 Å². The first-order valence-corrected chi connectivity index (χ1v) is 16.1. The number of allylic oxidation sites excluding steroid dienone is 1. The van der Waals surface area contributed by atoms with E-state index in [1.54, 1.807) is 19.1 Å². The van der Waals surface area contributed by atoms with Gasteiger partial charge in [0.05, 0.1) is 12.0 Å². The molecule has 4 rings (SSSR count). The fraction of sp³-hybridized carbons (Fsp3) is 0.824. The molecule has 2 saturated carbocycles. The molecular weight excluding hydrogens is 504 g/mol. The third-order valence-corrected chi connectivity index (χ3v) is 11.1. The molecule has 2 fully saturated rings. The van der Waals surface area contributed by atoms with Crippen LogP contribution >= 0.6 is 0 Å². The molecule has 0 aliphatic heterocycles. The number of ketones is 1. The second kappa shape index (κ2) is 12.4. The molecule has 0 aromatic carbocycles. The molecule has 0 aromatic heterocycles. The lowest BCUT2D eigenvalue weighted by atomic mass is 9.59. The zero-order valence-electron chi connectivity index (χ0n) is 25.6. The van der Waals surface area contributed by atoms with Gasteiger partial charge in [-0.3, -0.25) is 9.59 Å². The first-order chi connectivity index (χ1) is 19.0. The van der Waals surface area contributed by atoms with Crippen LogP contribution in [0.25, 0.3) is 0 Å². The van der Waals surface area contributed by atoms with Crippen LogP contribution in [0.3, 0.4) is 0 Å². The summed E-state index contributed by atoms with van der Waals surface area (Å²) in [6.07, 6.45) is 14.9. The number of fused-ring (bicyclic) bond motifs is 3. The highest BCUT2D eigenvalue weighted by Gasteiger charge is 2.76. The Balaban J connectivity index is 1.40. The molecule has 6 heteroatoms. The van der Waals surface area contributed by atoms with E-state index in [0.717, 1.165) is 19.3 Å². The summed E-state index contributed by atoms with van der Waals surface area (Å²) in [5, 5.41) is 34.3. The molecule has 2 bridgehead atoms. The van der Waals surface area contributed by atoms with Crippen LogP contribution in [-0.4, -0.2) is 51.5 Å². The number of aliphatic hydroxyl groups excluding tert-OH is 2. The number of rotatable bonds is 14. The van der Waals surface area contributed by atoms with Crippen molar-refractivity contribution in [3.63, 3.8) is 0 Å². The second-order valence-electron chi connectivity index (χ2n) is 14.0. The first kappa shape index (κ1) is 31.4. The quantitative estimate of drug-likeness (QED) is 0.136. The van der Waals surface area contributed by atoms with Crippen LogP contribution in [0.1, 0.15) is 118 Å². The highest BCUT2D eigenvalue weighted by Crippen LogP contribution is 2.71. The van der Waals surface area contributed by atoms with Gasteiger partial charge in [-0.15, -0.1) is 0 Å². The molecular formula is C34H54O6. The Morgan fingerprint density at radius 1 is 1.02 bits per heavy atom. The fourth-order valence-corrected chi connectivity index (χ4v) is 8.72. The lowest BCUT2D eigenvalue weighted by Gasteiger charge is -2.48. The number of carbonyl (C=O) groups is 2. The van der Waals surface area contributed by atoms with Crippen LogP contribution < -0.4 is 0 Å². The van der Waals surface area contributed by atoms with E-state index in [4.69, 9.17) is 4.74 Å². The predicted octanol–water partition coefficient (Wildman–Crippen LogP) is 6.07. The summed E-state index contributed by atoms with van der Waals surface area (Å²) >= 11 is 0. The number of esters is 1. The summed E-state index contributed by atoms with van der Waals surface area (Å²) in [5.41, 5.74) is -2.60. The van der Waals surface area contributed by atoms with Gasteiger partial charge in [-0.1, -0.05) is 104 Å². The Bertz CT molecular complexity index is 996. The van der Waals surface area contributed by atoms with E-state index in [2.05, 4.69) is 20.8 Å². The number of carbonyl (C=O) groups excluding carboxylic acids is 2. The minimum Gasteiger partial charge on any atom is -0.455 e. The Hall–Kier alpha value is -1.50. The number of aliphatic hydroxyl groups is 3. The molecule has 40 heavy (non-hydrogen) atoms. The predicted molar refractivity (Wildman–Crippen MR) is 156 cm³/mol. The van der Waals surface area contributed by atoms with E-state index in [0.29, 0.717) is 17.9 Å². The third kappa shape index (κ3) is 5.26. The molecule has 0 radical (unpaired) electrons. The van der Waals surface area contributed by atoms with Crippen molar-refractivity contribution in [2.45, 2.75) is 136 Å². The highest BCUT2D eigenvalue weighted by molar-refractivity contribution is 5.95. The molecule has 4 aliphatic rings. The maximum Gasteiger partial charge on any atom is 0.306 e. The Kier molecular flexibility index (Phi) is 9.74. The fourth-order valence-electron chi connectivity index (χ4n) is 8.72. The van der Waals surface area contributed by atoms with Crippen LogP contribution in [0.4, 0.5) is 0 Å². The van der Waals surface area contributed by atoms with E-state index >= 15 is 0 Å². The Morgan fingerprint density at radius 2 is 1.60 bits per heavy atom. The molecule has 3 N–H and O–H groups in total. The maximum absolute atomic E-state index is 14.4. The molecule has 0 amide bonds. The lowest BCUT2D eigenvalue weighted by Crippen LogP contribution is -2.65. The summed E-state index contributed by atoms with van der Waals surface area (Å²) in [4.78, 5) is 27.4. The van der Waals surface area contributed by atoms with Gasteiger partial charge >= 0.3 is 5.97 Å². The molecule has 226 valence electrons. The molecule has 8 atom stereocenters. The van der Waals surface area contributed by atoms with Crippen LogP contribution in [0.5, 0.6) is 0 Å². The minimum atomic E-state index is -2.05. The van der Waals surface area contributed by atoms with E-state index in [1.807, 2.05) is 6.92 Å². The molecule has 4 aliphatic carbocycles. The Labute approximate surface area is 241 Å². The van der Waals surface area contributed by atoms with Gasteiger partial charge in [0.15, 0.2) is 17.5 Å². The smallest absolute Gasteiger partial charge is 0.306 e. The van der Waals surface area contributed by atoms with Gasteiger partial charge in [0.1, 0.15) is 6.10 Å². The normalized spacial score (nSPS) is 37.5. The van der Waals surface area contributed by atoms with Crippen LogP contribution in [-0.2, 0) is 14.3 Å². The zero-order valence-corrected chi connectivity index (χ0v) is 25.6. The molecule has 6 nitrogen and oxygen atoms in total. The Morgan fingerprint density at radius 3 is 2.17 bits per heavy atom. The van der Waals surface area contributed by atoms with Crippen molar-refractivity contribution in [2.24, 2.45) is 34.5 Å². The van der Waals surface area contributed by atoms with Gasteiger partial charge < -0.3 is 20.1 Å². The zero-order chi connectivity index (χ0) is 29.3. The van der Waals surface area contributed by atoms with Gasteiger partial charge in [0.2, 0.25) is 0 Å². The number of ether oxygens (including phenoxy) is 1. The number of Topliss-reactive ketones (excluding diaryl/α,β-unsaturated/α-hetero) is 1. The summed E-state index contributed by atoms with van der Waals surface area (Å²) in [6, 6.07) is 0.